The highest BCUT2D eigenvalue weighted by atomic mass is 16.3. The van der Waals surface area contributed by atoms with E-state index in [2.05, 4.69) is 15.2 Å². The molecule has 25 heavy (non-hydrogen) atoms. The topological polar surface area (TPSA) is 65.5 Å². The molecule has 138 valence electrons. The van der Waals surface area contributed by atoms with Gasteiger partial charge < -0.3 is 15.3 Å². The molecule has 2 aliphatic rings. The van der Waals surface area contributed by atoms with Crippen LogP contribution >= 0.6 is 0 Å². The van der Waals surface area contributed by atoms with Gasteiger partial charge in [0.05, 0.1) is 5.69 Å². The number of carbonyl (C=O) groups is 1. The van der Waals surface area contributed by atoms with Gasteiger partial charge in [0.25, 0.3) is 0 Å². The SMILES string of the molecule is CC(CC1CCCC1)C(=O)Nc1cccnc1N1CCC(CO)CC1. The summed E-state index contributed by atoms with van der Waals surface area (Å²) in [7, 11) is 0. The van der Waals surface area contributed by atoms with Gasteiger partial charge in [0.2, 0.25) is 5.91 Å². The molecule has 1 aromatic heterocycles. The lowest BCUT2D eigenvalue weighted by atomic mass is 9.94. The van der Waals surface area contributed by atoms with E-state index in [1.54, 1.807) is 6.20 Å². The Balaban J connectivity index is 1.61. The molecule has 1 atom stereocenters. The molecular weight excluding hydrogens is 314 g/mol. The zero-order valence-electron chi connectivity index (χ0n) is 15.3. The van der Waals surface area contributed by atoms with E-state index in [-0.39, 0.29) is 18.4 Å². The van der Waals surface area contributed by atoms with Gasteiger partial charge in [-0.15, -0.1) is 0 Å². The minimum absolute atomic E-state index is 0.0382. The molecule has 1 unspecified atom stereocenters. The molecule has 0 radical (unpaired) electrons. The number of anilines is 2. The van der Waals surface area contributed by atoms with Crippen LogP contribution in [0.4, 0.5) is 11.5 Å². The van der Waals surface area contributed by atoms with Crippen molar-refractivity contribution in [1.29, 1.82) is 0 Å². The van der Waals surface area contributed by atoms with Crippen molar-refractivity contribution in [3.05, 3.63) is 18.3 Å². The summed E-state index contributed by atoms with van der Waals surface area (Å²) in [6, 6.07) is 3.82. The smallest absolute Gasteiger partial charge is 0.227 e. The number of aliphatic hydroxyl groups is 1. The van der Waals surface area contributed by atoms with E-state index in [0.29, 0.717) is 11.8 Å². The third-order valence-electron chi connectivity index (χ3n) is 5.83. The van der Waals surface area contributed by atoms with E-state index in [4.69, 9.17) is 0 Å². The third-order valence-corrected chi connectivity index (χ3v) is 5.83. The van der Waals surface area contributed by atoms with Crippen molar-refractivity contribution in [2.24, 2.45) is 17.8 Å². The third kappa shape index (κ3) is 4.72. The summed E-state index contributed by atoms with van der Waals surface area (Å²) in [6.07, 6.45) is 9.89. The van der Waals surface area contributed by atoms with Crippen molar-refractivity contribution < 1.29 is 9.90 Å². The van der Waals surface area contributed by atoms with Crippen molar-refractivity contribution in [2.75, 3.05) is 29.9 Å². The van der Waals surface area contributed by atoms with E-state index in [9.17, 15) is 9.90 Å². The number of rotatable bonds is 6. The lowest BCUT2D eigenvalue weighted by molar-refractivity contribution is -0.119. The Morgan fingerprint density at radius 1 is 1.28 bits per heavy atom. The van der Waals surface area contributed by atoms with Crippen molar-refractivity contribution >= 4 is 17.4 Å². The van der Waals surface area contributed by atoms with Gasteiger partial charge in [0.15, 0.2) is 5.82 Å². The molecule has 1 saturated heterocycles. The van der Waals surface area contributed by atoms with Crippen LogP contribution in [-0.2, 0) is 4.79 Å². The summed E-state index contributed by atoms with van der Waals surface area (Å²) in [5.41, 5.74) is 0.813. The first-order chi connectivity index (χ1) is 12.2. The molecular formula is C20H31N3O2. The number of carbonyl (C=O) groups excluding carboxylic acids is 1. The van der Waals surface area contributed by atoms with Gasteiger partial charge in [-0.3, -0.25) is 4.79 Å². The Bertz CT molecular complexity index is 564. The molecule has 1 saturated carbocycles. The number of pyridine rings is 1. The van der Waals surface area contributed by atoms with Gasteiger partial charge in [0, 0.05) is 31.8 Å². The van der Waals surface area contributed by atoms with Crippen molar-refractivity contribution in [1.82, 2.24) is 4.98 Å². The summed E-state index contributed by atoms with van der Waals surface area (Å²) < 4.78 is 0. The number of nitrogens with zero attached hydrogens (tertiary/aromatic N) is 2. The van der Waals surface area contributed by atoms with E-state index >= 15 is 0 Å². The minimum Gasteiger partial charge on any atom is -0.396 e. The van der Waals surface area contributed by atoms with Gasteiger partial charge in [-0.1, -0.05) is 32.6 Å². The number of piperidine rings is 1. The summed E-state index contributed by atoms with van der Waals surface area (Å²) in [4.78, 5) is 19.4. The first kappa shape index (κ1) is 18.2. The molecule has 1 aliphatic carbocycles. The normalized spacial score (nSPS) is 20.6. The maximum atomic E-state index is 12.6. The van der Waals surface area contributed by atoms with E-state index < -0.39 is 0 Å². The predicted octanol–water partition coefficient (Wildman–Crippen LogP) is 3.45. The van der Waals surface area contributed by atoms with Crippen molar-refractivity contribution in [3.8, 4) is 0 Å². The highest BCUT2D eigenvalue weighted by Gasteiger charge is 2.24. The fraction of sp³-hybridized carbons (Fsp3) is 0.700. The molecule has 0 spiro atoms. The zero-order chi connectivity index (χ0) is 17.6. The summed E-state index contributed by atoms with van der Waals surface area (Å²) >= 11 is 0. The molecule has 5 heteroatoms. The van der Waals surface area contributed by atoms with E-state index in [1.165, 1.54) is 25.7 Å². The lowest BCUT2D eigenvalue weighted by Crippen LogP contribution is -2.36. The van der Waals surface area contributed by atoms with Crippen LogP contribution in [0.1, 0.15) is 51.9 Å². The van der Waals surface area contributed by atoms with Crippen LogP contribution in [0.25, 0.3) is 0 Å². The van der Waals surface area contributed by atoms with Gasteiger partial charge in [-0.25, -0.2) is 4.98 Å². The molecule has 2 fully saturated rings. The number of amides is 1. The monoisotopic (exact) mass is 345 g/mol. The predicted molar refractivity (Wildman–Crippen MR) is 101 cm³/mol. The Labute approximate surface area is 150 Å². The Morgan fingerprint density at radius 2 is 2.00 bits per heavy atom. The number of aliphatic hydroxyl groups excluding tert-OH is 1. The summed E-state index contributed by atoms with van der Waals surface area (Å²) in [6.45, 7) is 4.06. The molecule has 1 amide bonds. The van der Waals surface area contributed by atoms with Crippen molar-refractivity contribution in [2.45, 2.75) is 51.9 Å². The minimum atomic E-state index is 0.0382. The molecule has 5 nitrogen and oxygen atoms in total. The molecule has 0 bridgehead atoms. The largest absolute Gasteiger partial charge is 0.396 e. The quantitative estimate of drug-likeness (QED) is 0.829. The molecule has 1 aliphatic heterocycles. The fourth-order valence-electron chi connectivity index (χ4n) is 4.18. The van der Waals surface area contributed by atoms with Gasteiger partial charge in [-0.2, -0.15) is 0 Å². The van der Waals surface area contributed by atoms with E-state index in [1.807, 2.05) is 19.1 Å². The maximum absolute atomic E-state index is 12.6. The molecule has 3 rings (SSSR count). The second-order valence-corrected chi connectivity index (χ2v) is 7.76. The van der Waals surface area contributed by atoms with Crippen LogP contribution in [0.5, 0.6) is 0 Å². The molecule has 0 aromatic carbocycles. The standard InChI is InChI=1S/C20H31N3O2/c1-15(13-16-5-2-3-6-16)20(25)22-18-7-4-10-21-19(18)23-11-8-17(14-24)9-12-23/h4,7,10,15-17,24H,2-3,5-6,8-9,11-14H2,1H3,(H,22,25). The number of nitrogens with one attached hydrogen (secondary N) is 1. The Morgan fingerprint density at radius 3 is 2.68 bits per heavy atom. The van der Waals surface area contributed by atoms with Gasteiger partial charge >= 0.3 is 0 Å². The second kappa shape index (κ2) is 8.65. The molecule has 1 aromatic rings. The zero-order valence-corrected chi connectivity index (χ0v) is 15.3. The Hall–Kier alpha value is -1.62. The average Bonchev–Trinajstić information content (AvgIpc) is 3.15. The average molecular weight is 345 g/mol. The lowest BCUT2D eigenvalue weighted by Gasteiger charge is -2.33. The molecule has 2 N–H and O–H groups in total. The number of hydrogen-bond acceptors (Lipinski definition) is 4. The van der Waals surface area contributed by atoms with Crippen LogP contribution in [-0.4, -0.2) is 35.7 Å². The van der Waals surface area contributed by atoms with Crippen LogP contribution < -0.4 is 10.2 Å². The van der Waals surface area contributed by atoms with E-state index in [0.717, 1.165) is 43.9 Å². The van der Waals surface area contributed by atoms with Crippen molar-refractivity contribution in [3.63, 3.8) is 0 Å². The summed E-state index contributed by atoms with van der Waals surface area (Å²) in [5.74, 6) is 2.11. The van der Waals surface area contributed by atoms with Crippen LogP contribution in [0, 0.1) is 17.8 Å². The Kier molecular flexibility index (Phi) is 6.29. The first-order valence-electron chi connectivity index (χ1n) is 9.79. The summed E-state index contributed by atoms with van der Waals surface area (Å²) in [5, 5.41) is 12.4. The highest BCUT2D eigenvalue weighted by molar-refractivity contribution is 5.95. The van der Waals surface area contributed by atoms with Crippen LogP contribution in [0.15, 0.2) is 18.3 Å². The second-order valence-electron chi connectivity index (χ2n) is 7.76. The van der Waals surface area contributed by atoms with Crippen LogP contribution in [0.3, 0.4) is 0 Å². The van der Waals surface area contributed by atoms with Crippen LogP contribution in [0.2, 0.25) is 0 Å². The maximum Gasteiger partial charge on any atom is 0.227 e. The first-order valence-corrected chi connectivity index (χ1v) is 9.79. The number of aromatic nitrogens is 1. The number of hydrogen-bond donors (Lipinski definition) is 2. The molecule has 2 heterocycles. The van der Waals surface area contributed by atoms with Gasteiger partial charge in [0.1, 0.15) is 0 Å². The van der Waals surface area contributed by atoms with Gasteiger partial charge in [-0.05, 0) is 43.2 Å². The highest BCUT2D eigenvalue weighted by Crippen LogP contribution is 2.32. The fourth-order valence-corrected chi connectivity index (χ4v) is 4.18.